The van der Waals surface area contributed by atoms with Gasteiger partial charge in [0.05, 0.1) is 12.1 Å². The molecular weight excluding hydrogens is 144 g/mol. The van der Waals surface area contributed by atoms with Crippen molar-refractivity contribution in [2.24, 2.45) is 9.98 Å². The number of carbonyl (C=O) groups excluding carboxylic acids is 2. The molecule has 0 aliphatic carbocycles. The van der Waals surface area contributed by atoms with Crippen LogP contribution in [-0.2, 0) is 9.59 Å². The van der Waals surface area contributed by atoms with Crippen molar-refractivity contribution < 1.29 is 9.59 Å². The van der Waals surface area contributed by atoms with Crippen LogP contribution in [0, 0.1) is 0 Å². The lowest BCUT2D eigenvalue weighted by molar-refractivity contribution is -0.123. The molecule has 0 N–H and O–H groups in total. The molecule has 2 heterocycles. The van der Waals surface area contributed by atoms with E-state index in [1.54, 1.807) is 6.08 Å². The van der Waals surface area contributed by atoms with E-state index in [0.29, 0.717) is 11.4 Å². The summed E-state index contributed by atoms with van der Waals surface area (Å²) in [6.45, 7) is 0. The van der Waals surface area contributed by atoms with E-state index >= 15 is 0 Å². The number of carbonyl (C=O) groups is 2. The van der Waals surface area contributed by atoms with Crippen LogP contribution in [0.25, 0.3) is 0 Å². The number of fused-ring (bicyclic) bond motifs is 1. The fraction of sp³-hybridized carbons (Fsp3) is 0.143. The van der Waals surface area contributed by atoms with E-state index in [2.05, 4.69) is 9.98 Å². The number of hydrogen-bond acceptors (Lipinski definition) is 3. The standard InChI is InChI=1S/C7H4N2O2/c10-5-3-6(11)9-4-1-2-8-7(4)5/h1-2H,3H2. The number of nitrogens with zero attached hydrogens (tertiary/aromatic N) is 2. The Bertz CT molecular complexity index is 336. The van der Waals surface area contributed by atoms with Crippen molar-refractivity contribution in [1.29, 1.82) is 0 Å². The van der Waals surface area contributed by atoms with Gasteiger partial charge in [-0.25, -0.2) is 4.99 Å². The molecular formula is C7H4N2O2. The molecule has 0 aromatic carbocycles. The van der Waals surface area contributed by atoms with Crippen LogP contribution in [0.4, 0.5) is 0 Å². The Labute approximate surface area is 62.3 Å². The Balaban J connectivity index is 2.53. The van der Waals surface area contributed by atoms with Gasteiger partial charge in [0.25, 0.3) is 5.91 Å². The fourth-order valence-corrected chi connectivity index (χ4v) is 1.03. The normalized spacial score (nSPS) is 21.5. The molecule has 0 aromatic rings. The smallest absolute Gasteiger partial charge is 0.254 e. The van der Waals surface area contributed by atoms with Gasteiger partial charge in [-0.15, -0.1) is 0 Å². The number of allylic oxidation sites excluding steroid dienone is 1. The first-order valence-electron chi connectivity index (χ1n) is 3.17. The number of hydrogen-bond donors (Lipinski definition) is 0. The molecule has 0 radical (unpaired) electrons. The maximum atomic E-state index is 11.0. The van der Waals surface area contributed by atoms with Crippen LogP contribution >= 0.6 is 0 Å². The molecule has 2 aliphatic heterocycles. The second-order valence-electron chi connectivity index (χ2n) is 2.28. The van der Waals surface area contributed by atoms with Gasteiger partial charge in [-0.2, -0.15) is 0 Å². The zero-order chi connectivity index (χ0) is 7.84. The highest BCUT2D eigenvalue weighted by Crippen LogP contribution is 2.08. The maximum absolute atomic E-state index is 11.0. The van der Waals surface area contributed by atoms with Gasteiger partial charge in [0.2, 0.25) is 0 Å². The highest BCUT2D eigenvalue weighted by Gasteiger charge is 2.26. The Morgan fingerprint density at radius 1 is 1.36 bits per heavy atom. The molecule has 0 unspecified atom stereocenters. The third-order valence-electron chi connectivity index (χ3n) is 1.50. The summed E-state index contributed by atoms with van der Waals surface area (Å²) in [5.74, 6) is -0.611. The van der Waals surface area contributed by atoms with E-state index in [9.17, 15) is 9.59 Å². The molecule has 0 atom stereocenters. The first kappa shape index (κ1) is 6.15. The molecule has 4 heteroatoms. The Morgan fingerprint density at radius 3 is 3.00 bits per heavy atom. The SMILES string of the molecule is O=C1CC(=O)C2=NC=CC2=N1. The third kappa shape index (κ3) is 0.832. The van der Waals surface area contributed by atoms with Gasteiger partial charge in [-0.05, 0) is 6.08 Å². The van der Waals surface area contributed by atoms with Gasteiger partial charge in [0.1, 0.15) is 5.71 Å². The van der Waals surface area contributed by atoms with E-state index in [-0.39, 0.29) is 18.1 Å². The number of rotatable bonds is 0. The van der Waals surface area contributed by atoms with Crippen molar-refractivity contribution in [3.8, 4) is 0 Å². The molecule has 1 amide bonds. The summed E-state index contributed by atoms with van der Waals surface area (Å²) in [7, 11) is 0. The van der Waals surface area contributed by atoms with Crippen molar-refractivity contribution >= 4 is 23.1 Å². The number of Topliss-reactive ketones (excluding diaryl/α,β-unsaturated/α-hetero) is 1. The Hall–Kier alpha value is -1.58. The summed E-state index contributed by atoms with van der Waals surface area (Å²) >= 11 is 0. The van der Waals surface area contributed by atoms with Crippen molar-refractivity contribution in [2.75, 3.05) is 0 Å². The third-order valence-corrected chi connectivity index (χ3v) is 1.50. The molecule has 0 aromatic heterocycles. The predicted molar refractivity (Wildman–Crippen MR) is 38.6 cm³/mol. The number of ketones is 1. The van der Waals surface area contributed by atoms with E-state index in [1.807, 2.05) is 0 Å². The zero-order valence-corrected chi connectivity index (χ0v) is 5.57. The predicted octanol–water partition coefficient (Wildman–Crippen LogP) is -0.105. The second-order valence-corrected chi connectivity index (χ2v) is 2.28. The quantitative estimate of drug-likeness (QED) is 0.450. The largest absolute Gasteiger partial charge is 0.292 e. The van der Waals surface area contributed by atoms with Crippen LogP contribution in [0.5, 0.6) is 0 Å². The van der Waals surface area contributed by atoms with Crippen LogP contribution in [0.3, 0.4) is 0 Å². The highest BCUT2D eigenvalue weighted by molar-refractivity contribution is 6.73. The maximum Gasteiger partial charge on any atom is 0.254 e. The van der Waals surface area contributed by atoms with Gasteiger partial charge in [-0.3, -0.25) is 14.6 Å². The first-order chi connectivity index (χ1) is 5.27. The van der Waals surface area contributed by atoms with Crippen LogP contribution in [0.1, 0.15) is 6.42 Å². The molecule has 54 valence electrons. The van der Waals surface area contributed by atoms with Gasteiger partial charge in [-0.1, -0.05) is 0 Å². The van der Waals surface area contributed by atoms with Gasteiger partial charge in [0.15, 0.2) is 5.78 Å². The average molecular weight is 148 g/mol. The molecule has 4 nitrogen and oxygen atoms in total. The van der Waals surface area contributed by atoms with Crippen LogP contribution in [0.15, 0.2) is 22.3 Å². The minimum absolute atomic E-state index is 0.135. The van der Waals surface area contributed by atoms with Gasteiger partial charge >= 0.3 is 0 Å². The number of aliphatic imine (C=N–C) groups is 2. The monoisotopic (exact) mass is 148 g/mol. The number of amides is 1. The summed E-state index contributed by atoms with van der Waals surface area (Å²) in [6, 6.07) is 0. The van der Waals surface area contributed by atoms with E-state index in [4.69, 9.17) is 0 Å². The second kappa shape index (κ2) is 1.95. The van der Waals surface area contributed by atoms with Crippen molar-refractivity contribution in [3.05, 3.63) is 12.3 Å². The molecule has 0 fully saturated rings. The topological polar surface area (TPSA) is 58.9 Å². The summed E-state index contributed by atoms with van der Waals surface area (Å²) in [5.41, 5.74) is 0.732. The Kier molecular flexibility index (Phi) is 1.09. The molecule has 2 aliphatic rings. The summed E-state index contributed by atoms with van der Waals surface area (Å²) < 4.78 is 0. The average Bonchev–Trinajstić information content (AvgIpc) is 2.34. The van der Waals surface area contributed by atoms with Crippen molar-refractivity contribution in [3.63, 3.8) is 0 Å². The van der Waals surface area contributed by atoms with E-state index < -0.39 is 0 Å². The summed E-state index contributed by atoms with van der Waals surface area (Å²) in [4.78, 5) is 29.1. The molecule has 11 heavy (non-hydrogen) atoms. The molecule has 0 bridgehead atoms. The van der Waals surface area contributed by atoms with Gasteiger partial charge < -0.3 is 0 Å². The van der Waals surface area contributed by atoms with Crippen LogP contribution < -0.4 is 0 Å². The van der Waals surface area contributed by atoms with E-state index in [0.717, 1.165) is 0 Å². The molecule has 0 saturated heterocycles. The minimum atomic E-state index is -0.379. The van der Waals surface area contributed by atoms with Crippen molar-refractivity contribution in [1.82, 2.24) is 0 Å². The van der Waals surface area contributed by atoms with Crippen molar-refractivity contribution in [2.45, 2.75) is 6.42 Å². The lowest BCUT2D eigenvalue weighted by Crippen LogP contribution is -2.28. The Morgan fingerprint density at radius 2 is 2.18 bits per heavy atom. The first-order valence-corrected chi connectivity index (χ1v) is 3.17. The van der Waals surface area contributed by atoms with Crippen LogP contribution in [-0.4, -0.2) is 23.1 Å². The minimum Gasteiger partial charge on any atom is -0.292 e. The highest BCUT2D eigenvalue weighted by atomic mass is 16.2. The molecule has 0 saturated carbocycles. The lowest BCUT2D eigenvalue weighted by Gasteiger charge is -2.04. The molecule has 0 spiro atoms. The van der Waals surface area contributed by atoms with Crippen LogP contribution in [0.2, 0.25) is 0 Å². The lowest BCUT2D eigenvalue weighted by atomic mass is 10.1. The fourth-order valence-electron chi connectivity index (χ4n) is 1.03. The van der Waals surface area contributed by atoms with Gasteiger partial charge in [0, 0.05) is 6.20 Å². The molecule has 2 rings (SSSR count). The summed E-state index contributed by atoms with van der Waals surface area (Å²) in [6.07, 6.45) is 2.90. The zero-order valence-electron chi connectivity index (χ0n) is 5.57. The summed E-state index contributed by atoms with van der Waals surface area (Å²) in [5, 5.41) is 0. The van der Waals surface area contributed by atoms with E-state index in [1.165, 1.54) is 6.20 Å².